The Morgan fingerprint density at radius 3 is 0.583 bits per heavy atom. The number of rotatable bonds is 18. The van der Waals surface area contributed by atoms with Crippen molar-refractivity contribution in [1.82, 2.24) is 39.2 Å². The van der Waals surface area contributed by atoms with Gasteiger partial charge in [0.15, 0.2) is 0 Å². The van der Waals surface area contributed by atoms with Crippen LogP contribution >= 0.6 is 0 Å². The number of nitrogens with zero attached hydrogens (tertiary/aromatic N) is 8. The van der Waals surface area contributed by atoms with Gasteiger partial charge in [-0.1, -0.05) is 35.9 Å². The molecule has 0 atom stereocenters. The number of likely N-dealkylation sites (N-methyl/N-ethyl adjacent to an activating group) is 6. The first-order valence-electron chi connectivity index (χ1n) is 14.6. The van der Waals surface area contributed by atoms with Crippen molar-refractivity contribution in [2.75, 3.05) is 163 Å². The molecule has 0 saturated heterocycles. The van der Waals surface area contributed by atoms with Crippen LogP contribution in [0.1, 0.15) is 5.56 Å². The van der Waals surface area contributed by atoms with Gasteiger partial charge in [-0.3, -0.25) is 9.80 Å². The molecule has 0 radical (unpaired) electrons. The zero-order valence-electron chi connectivity index (χ0n) is 32.8. The Bertz CT molecular complexity index is 569. The molecule has 8 nitrogen and oxygen atoms in total. The van der Waals surface area contributed by atoms with Crippen LogP contribution in [-0.2, 0) is 0 Å². The van der Waals surface area contributed by atoms with E-state index in [0.717, 1.165) is 78.5 Å². The van der Waals surface area contributed by atoms with Crippen LogP contribution in [0.2, 0.25) is 0 Å². The molecule has 1 rings (SSSR count). The molecule has 1 aromatic rings. The van der Waals surface area contributed by atoms with Crippen LogP contribution in [0.5, 0.6) is 0 Å². The molecule has 0 heterocycles. The van der Waals surface area contributed by atoms with Gasteiger partial charge in [-0.15, -0.1) is 0 Å². The van der Waals surface area contributed by atoms with Gasteiger partial charge in [-0.25, -0.2) is 0 Å². The van der Waals surface area contributed by atoms with E-state index in [0.29, 0.717) is 0 Å². The van der Waals surface area contributed by atoms with Crippen molar-refractivity contribution < 1.29 is 102 Å². The van der Waals surface area contributed by atoms with Gasteiger partial charge < -0.3 is 131 Å². The van der Waals surface area contributed by atoms with Crippen molar-refractivity contribution in [2.45, 2.75) is 6.92 Å². The molecule has 0 aromatic heterocycles. The third kappa shape index (κ3) is 68.1. The largest absolute Gasteiger partial charge is 2.00 e. The van der Waals surface area contributed by atoms with Gasteiger partial charge in [0.25, 0.3) is 0 Å². The zero-order valence-corrected chi connectivity index (χ0v) is 46.6. The minimum Gasteiger partial charge on any atom is -1.00 e. The molecule has 0 fully saturated rings. The average molecular weight is 1110 g/mol. The molecule has 0 unspecified atom stereocenters. The first-order chi connectivity index (χ1) is 18.2. The van der Waals surface area contributed by atoms with E-state index >= 15 is 0 Å². The van der Waals surface area contributed by atoms with Gasteiger partial charge >= 0.3 is 69.2 Å². The van der Waals surface area contributed by atoms with E-state index in [1.807, 2.05) is 18.2 Å². The fourth-order valence-electron chi connectivity index (χ4n) is 3.25. The maximum absolute atomic E-state index is 2.54. The number of benzene rings is 1. The maximum Gasteiger partial charge on any atom is 2.00 e. The Kier molecular flexibility index (Phi) is 93.0. The Morgan fingerprint density at radius 1 is 0.312 bits per heavy atom. The zero-order chi connectivity index (χ0) is 30.2. The first-order valence-corrected chi connectivity index (χ1v) is 14.6. The van der Waals surface area contributed by atoms with Crippen molar-refractivity contribution in [3.63, 3.8) is 0 Å². The van der Waals surface area contributed by atoms with Crippen LogP contribution in [0, 0.1) is 6.92 Å². The normalized spacial score (nSPS) is 9.52. The van der Waals surface area contributed by atoms with E-state index in [1.165, 1.54) is 5.56 Å². The summed E-state index contributed by atoms with van der Waals surface area (Å²) in [5.41, 5.74) is 1.32. The van der Waals surface area contributed by atoms with Crippen LogP contribution in [0.4, 0.5) is 0 Å². The molecule has 17 heteroatoms. The van der Waals surface area contributed by atoms with E-state index < -0.39 is 0 Å². The first kappa shape index (κ1) is 80.5. The van der Waals surface area contributed by atoms with E-state index in [-0.39, 0.29) is 171 Å². The van der Waals surface area contributed by atoms with Crippen LogP contribution in [0.3, 0.4) is 0 Å². The van der Waals surface area contributed by atoms with Crippen molar-refractivity contribution in [3.8, 4) is 0 Å². The monoisotopic (exact) mass is 1100 g/mol. The number of halogens is 6. The molecule has 0 aliphatic heterocycles. The SMILES string of the molecule is CN(C)CCN(CCN(C)C)CCN(C)C.CN(C)CCN(CCN(C)C)CCN(C)C.Cc1ccccc1.[Br-].[Br-].[Br-].[Br-].[Br-].[Br-].[Mg+2].[Mg+2].[Mg+2]. The predicted molar refractivity (Wildman–Crippen MR) is 193 cm³/mol. The molecule has 0 N–H and O–H groups in total. The molecular formula is C31H68Br6Mg3N8. The van der Waals surface area contributed by atoms with Crippen molar-refractivity contribution in [2.24, 2.45) is 0 Å². The van der Waals surface area contributed by atoms with Crippen LogP contribution in [0.25, 0.3) is 0 Å². The average Bonchev–Trinajstić information content (AvgIpc) is 2.83. The molecule has 0 bridgehead atoms. The summed E-state index contributed by atoms with van der Waals surface area (Å²) in [6.45, 7) is 15.9. The summed E-state index contributed by atoms with van der Waals surface area (Å²) in [6, 6.07) is 10.3. The Labute approximate surface area is 411 Å². The van der Waals surface area contributed by atoms with Crippen molar-refractivity contribution in [1.29, 1.82) is 0 Å². The third-order valence-corrected chi connectivity index (χ3v) is 6.12. The van der Waals surface area contributed by atoms with Crippen molar-refractivity contribution in [3.05, 3.63) is 35.9 Å². The second kappa shape index (κ2) is 55.4. The maximum atomic E-state index is 2.54. The number of hydrogen-bond donors (Lipinski definition) is 0. The summed E-state index contributed by atoms with van der Waals surface area (Å²) < 4.78 is 0. The van der Waals surface area contributed by atoms with E-state index in [4.69, 9.17) is 0 Å². The predicted octanol–water partition coefficient (Wildman–Crippen LogP) is -17.2. The summed E-state index contributed by atoms with van der Waals surface area (Å²) in [5.74, 6) is 0. The molecule has 0 spiro atoms. The number of hydrogen-bond acceptors (Lipinski definition) is 8. The van der Waals surface area contributed by atoms with Crippen LogP contribution in [-0.4, -0.2) is 271 Å². The quantitative estimate of drug-likeness (QED) is 0.134. The summed E-state index contributed by atoms with van der Waals surface area (Å²) in [6.07, 6.45) is 0. The van der Waals surface area contributed by atoms with Gasteiger partial charge in [0.05, 0.1) is 0 Å². The molecule has 1 aromatic carbocycles. The second-order valence-corrected chi connectivity index (χ2v) is 12.2. The Hall–Kier alpha value is 4.08. The summed E-state index contributed by atoms with van der Waals surface area (Å²) in [7, 11) is 25.6. The minimum atomic E-state index is 0. The van der Waals surface area contributed by atoms with Gasteiger partial charge in [0, 0.05) is 78.5 Å². The van der Waals surface area contributed by atoms with E-state index in [9.17, 15) is 0 Å². The topological polar surface area (TPSA) is 25.9 Å². The smallest absolute Gasteiger partial charge is 1.00 e. The van der Waals surface area contributed by atoms with Gasteiger partial charge in [0.1, 0.15) is 0 Å². The third-order valence-electron chi connectivity index (χ3n) is 6.12. The molecule has 280 valence electrons. The van der Waals surface area contributed by atoms with Gasteiger partial charge in [-0.05, 0) is 91.5 Å². The van der Waals surface area contributed by atoms with Crippen LogP contribution in [0.15, 0.2) is 30.3 Å². The molecule has 0 aliphatic rings. The van der Waals surface area contributed by atoms with E-state index in [1.54, 1.807) is 0 Å². The molecule has 0 aliphatic carbocycles. The van der Waals surface area contributed by atoms with E-state index in [2.05, 4.69) is 143 Å². The second-order valence-electron chi connectivity index (χ2n) is 12.2. The van der Waals surface area contributed by atoms with Gasteiger partial charge in [-0.2, -0.15) is 0 Å². The molecular weight excluding hydrogens is 1040 g/mol. The Morgan fingerprint density at radius 2 is 0.479 bits per heavy atom. The minimum absolute atomic E-state index is 0. The molecule has 0 saturated carbocycles. The number of aryl methyl sites for hydroxylation is 1. The fourth-order valence-corrected chi connectivity index (χ4v) is 3.25. The Balaban J connectivity index is -0.0000000456. The summed E-state index contributed by atoms with van der Waals surface area (Å²) in [5, 5.41) is 0. The molecule has 0 amide bonds. The summed E-state index contributed by atoms with van der Waals surface area (Å²) >= 11 is 0. The van der Waals surface area contributed by atoms with Crippen LogP contribution < -0.4 is 102 Å². The molecule has 48 heavy (non-hydrogen) atoms. The van der Waals surface area contributed by atoms with Crippen molar-refractivity contribution >= 4 is 69.2 Å². The van der Waals surface area contributed by atoms with Gasteiger partial charge in [0.2, 0.25) is 0 Å². The standard InChI is InChI=1S/2C12H30N4.C7H8.6BrH.3Mg/c2*1-13(2)7-10-16(11-8-14(3)4)12-9-15(5)6;1-7-5-3-2-4-6-7;;;;;;;;;/h2*7-12H2,1-6H3;2-6H,1H3;6*1H;;;/q;;;;;;;;;3*+2/p-6. The summed E-state index contributed by atoms with van der Waals surface area (Å²) in [4.78, 5) is 18.6. The fraction of sp³-hybridized carbons (Fsp3) is 0.806.